The molecule has 2 atom stereocenters. The Kier molecular flexibility index (Phi) is 4.37. The minimum absolute atomic E-state index is 0.201. The van der Waals surface area contributed by atoms with Crippen molar-refractivity contribution in [3.05, 3.63) is 53.2 Å². The van der Waals surface area contributed by atoms with Gasteiger partial charge in [-0.1, -0.05) is 6.07 Å². The molecule has 0 saturated carbocycles. The number of fused-ring (bicyclic) bond motifs is 7. The van der Waals surface area contributed by atoms with Gasteiger partial charge in [0.15, 0.2) is 5.82 Å². The van der Waals surface area contributed by atoms with Crippen molar-refractivity contribution >= 4 is 17.0 Å². The summed E-state index contributed by atoms with van der Waals surface area (Å²) in [6, 6.07) is 11.1. The molecule has 0 radical (unpaired) electrons. The van der Waals surface area contributed by atoms with Gasteiger partial charge in [0.1, 0.15) is 23.1 Å². The van der Waals surface area contributed by atoms with Gasteiger partial charge in [-0.2, -0.15) is 10.4 Å². The van der Waals surface area contributed by atoms with E-state index in [-0.39, 0.29) is 12.1 Å². The van der Waals surface area contributed by atoms with Crippen LogP contribution in [0.1, 0.15) is 29.9 Å². The molecule has 0 amide bonds. The monoisotopic (exact) mass is 459 g/mol. The van der Waals surface area contributed by atoms with Gasteiger partial charge in [0.05, 0.1) is 29.7 Å². The van der Waals surface area contributed by atoms with Crippen molar-refractivity contribution in [2.24, 2.45) is 0 Å². The number of hydrogen-bond donors (Lipinski definition) is 1. The van der Waals surface area contributed by atoms with E-state index >= 15 is 0 Å². The maximum Gasteiger partial charge on any atom is 0.171 e. The molecule has 8 rings (SSSR count). The molecule has 1 N–H and O–H groups in total. The molecule has 4 saturated heterocycles. The minimum atomic E-state index is -0.401. The third kappa shape index (κ3) is 2.87. The van der Waals surface area contributed by atoms with Crippen LogP contribution >= 0.6 is 0 Å². The standard InChI is InChI=1S/C24H26FN9/c1-15-10-30(21-4-2-16(8-26)34-24(21)19(25)9-28-34)14-22-18-3-5-23(29-20(18)13-33(15)22)32-7-6-27-31-11-17(32)12-31/h2-5,9,15,17,22,27H,6-7,10-14H2,1H3. The Balaban J connectivity index is 1.21. The molecule has 2 bridgehead atoms. The second kappa shape index (κ2) is 7.37. The molecule has 10 heteroatoms. The third-order valence-corrected chi connectivity index (χ3v) is 7.87. The molecule has 5 aliphatic rings. The van der Waals surface area contributed by atoms with E-state index in [0.717, 1.165) is 63.0 Å². The van der Waals surface area contributed by atoms with Crippen LogP contribution in [-0.2, 0) is 6.54 Å². The van der Waals surface area contributed by atoms with E-state index in [1.54, 1.807) is 6.07 Å². The molecule has 0 spiro atoms. The zero-order valence-electron chi connectivity index (χ0n) is 19.0. The molecule has 4 fully saturated rings. The number of hydrazine groups is 1. The number of hydrogen-bond acceptors (Lipinski definition) is 8. The molecular weight excluding hydrogens is 433 g/mol. The number of piperazine rings is 1. The first-order chi connectivity index (χ1) is 16.6. The smallest absolute Gasteiger partial charge is 0.171 e. The van der Waals surface area contributed by atoms with Gasteiger partial charge in [0, 0.05) is 51.9 Å². The number of nitriles is 1. The zero-order valence-corrected chi connectivity index (χ0v) is 19.0. The van der Waals surface area contributed by atoms with Crippen LogP contribution in [0.5, 0.6) is 0 Å². The third-order valence-electron chi connectivity index (χ3n) is 7.87. The lowest BCUT2D eigenvalue weighted by molar-refractivity contribution is 0.104. The Hall–Kier alpha value is -3.26. The van der Waals surface area contributed by atoms with E-state index in [1.807, 2.05) is 6.07 Å². The van der Waals surface area contributed by atoms with Gasteiger partial charge < -0.3 is 9.80 Å². The lowest BCUT2D eigenvalue weighted by Crippen LogP contribution is -2.59. The van der Waals surface area contributed by atoms with Gasteiger partial charge in [-0.05, 0) is 30.7 Å². The first kappa shape index (κ1) is 20.1. The lowest BCUT2D eigenvalue weighted by atomic mass is 10.0. The summed E-state index contributed by atoms with van der Waals surface area (Å²) in [7, 11) is 0. The number of nitrogens with one attached hydrogen (secondary N) is 1. The molecular formula is C24H26FN9. The number of nitrogens with zero attached hydrogens (tertiary/aromatic N) is 8. The summed E-state index contributed by atoms with van der Waals surface area (Å²) in [5.41, 5.74) is 7.36. The SMILES string of the molecule is CC1CN(c2ccc(C#N)n3ncc(F)c23)CC2c3ccc(N4CCNN5CC4C5)nc3CN12. The number of pyridine rings is 2. The topological polar surface area (TPSA) is 79.0 Å². The number of halogens is 1. The van der Waals surface area contributed by atoms with Crippen molar-refractivity contribution in [2.45, 2.75) is 31.6 Å². The van der Waals surface area contributed by atoms with E-state index in [1.165, 1.54) is 16.3 Å². The Morgan fingerprint density at radius 1 is 1.15 bits per heavy atom. The van der Waals surface area contributed by atoms with Crippen molar-refractivity contribution < 1.29 is 4.39 Å². The first-order valence-corrected chi connectivity index (χ1v) is 11.9. The average molecular weight is 460 g/mol. The van der Waals surface area contributed by atoms with E-state index in [0.29, 0.717) is 17.3 Å². The summed E-state index contributed by atoms with van der Waals surface area (Å²) in [5, 5.41) is 15.8. The quantitative estimate of drug-likeness (QED) is 0.618. The van der Waals surface area contributed by atoms with Gasteiger partial charge in [0.25, 0.3) is 0 Å². The zero-order chi connectivity index (χ0) is 23.0. The van der Waals surface area contributed by atoms with Crippen LogP contribution in [0.3, 0.4) is 0 Å². The fourth-order valence-electron chi connectivity index (χ4n) is 6.11. The molecule has 0 aliphatic carbocycles. The lowest BCUT2D eigenvalue weighted by Gasteiger charge is -2.43. The maximum atomic E-state index is 14.7. The summed E-state index contributed by atoms with van der Waals surface area (Å²) in [6.07, 6.45) is 1.19. The second-order valence-corrected chi connectivity index (χ2v) is 9.78. The second-order valence-electron chi connectivity index (χ2n) is 9.78. The van der Waals surface area contributed by atoms with Crippen molar-refractivity contribution in [1.29, 1.82) is 5.26 Å². The molecule has 34 heavy (non-hydrogen) atoms. The highest BCUT2D eigenvalue weighted by Gasteiger charge is 2.41. The van der Waals surface area contributed by atoms with Gasteiger partial charge >= 0.3 is 0 Å². The molecule has 3 aromatic heterocycles. The summed E-state index contributed by atoms with van der Waals surface area (Å²) >= 11 is 0. The number of aromatic nitrogens is 3. The highest BCUT2D eigenvalue weighted by Crippen LogP contribution is 2.41. The van der Waals surface area contributed by atoms with Crippen molar-refractivity contribution in [3.8, 4) is 6.07 Å². The Morgan fingerprint density at radius 2 is 2.03 bits per heavy atom. The molecule has 9 nitrogen and oxygen atoms in total. The van der Waals surface area contributed by atoms with E-state index in [2.05, 4.69) is 55.4 Å². The van der Waals surface area contributed by atoms with Crippen LogP contribution in [0, 0.1) is 17.1 Å². The van der Waals surface area contributed by atoms with Crippen LogP contribution in [0.4, 0.5) is 15.9 Å². The molecule has 2 unspecified atom stereocenters. The first-order valence-electron chi connectivity index (χ1n) is 11.9. The normalized spacial score (nSPS) is 28.3. The average Bonchev–Trinajstić information content (AvgIpc) is 3.22. The largest absolute Gasteiger partial charge is 0.366 e. The van der Waals surface area contributed by atoms with Crippen LogP contribution in [0.25, 0.3) is 5.52 Å². The van der Waals surface area contributed by atoms with Crippen LogP contribution in [-0.4, -0.2) is 75.9 Å². The number of anilines is 2. The van der Waals surface area contributed by atoms with Crippen LogP contribution < -0.4 is 15.2 Å². The van der Waals surface area contributed by atoms with E-state index in [9.17, 15) is 9.65 Å². The van der Waals surface area contributed by atoms with Crippen LogP contribution in [0.15, 0.2) is 30.5 Å². The highest BCUT2D eigenvalue weighted by molar-refractivity contribution is 5.75. The van der Waals surface area contributed by atoms with Crippen molar-refractivity contribution in [1.82, 2.24) is 29.9 Å². The maximum absolute atomic E-state index is 14.7. The van der Waals surface area contributed by atoms with Crippen LogP contribution in [0.2, 0.25) is 0 Å². The fraction of sp³-hybridized carbons (Fsp3) is 0.458. The van der Waals surface area contributed by atoms with Gasteiger partial charge in [-0.25, -0.2) is 18.9 Å². The van der Waals surface area contributed by atoms with Gasteiger partial charge in [0.2, 0.25) is 0 Å². The van der Waals surface area contributed by atoms with E-state index < -0.39 is 5.82 Å². The summed E-state index contributed by atoms with van der Waals surface area (Å²) in [4.78, 5) is 12.3. The predicted molar refractivity (Wildman–Crippen MR) is 125 cm³/mol. The Labute approximate surface area is 196 Å². The van der Waals surface area contributed by atoms with Crippen molar-refractivity contribution in [3.63, 3.8) is 0 Å². The fourth-order valence-corrected chi connectivity index (χ4v) is 6.11. The molecule has 3 aromatic rings. The summed E-state index contributed by atoms with van der Waals surface area (Å²) < 4.78 is 16.1. The highest BCUT2D eigenvalue weighted by atomic mass is 19.1. The Morgan fingerprint density at radius 3 is 2.88 bits per heavy atom. The molecule has 5 aliphatic heterocycles. The molecule has 0 aromatic carbocycles. The molecule has 8 heterocycles. The predicted octanol–water partition coefficient (Wildman–Crippen LogP) is 1.51. The molecule has 174 valence electrons. The number of rotatable bonds is 2. The minimum Gasteiger partial charge on any atom is -0.366 e. The van der Waals surface area contributed by atoms with Crippen molar-refractivity contribution in [2.75, 3.05) is 49.1 Å². The summed E-state index contributed by atoms with van der Waals surface area (Å²) in [6.45, 7) is 8.59. The van der Waals surface area contributed by atoms with E-state index in [4.69, 9.17) is 4.98 Å². The summed E-state index contributed by atoms with van der Waals surface area (Å²) in [5.74, 6) is 0.674. The van der Waals surface area contributed by atoms with Gasteiger partial charge in [-0.3, -0.25) is 10.3 Å². The Bertz CT molecular complexity index is 1320. The van der Waals surface area contributed by atoms with Gasteiger partial charge in [-0.15, -0.1) is 0 Å².